The van der Waals surface area contributed by atoms with Crippen LogP contribution in [-0.2, 0) is 0 Å². The van der Waals surface area contributed by atoms with Crippen molar-refractivity contribution in [3.8, 4) is 0 Å². The highest BCUT2D eigenvalue weighted by Crippen LogP contribution is 2.46. The molecule has 1 nitrogen and oxygen atoms in total. The molecule has 0 heterocycles. The second-order valence-corrected chi connectivity index (χ2v) is 5.44. The van der Waals surface area contributed by atoms with E-state index in [1.165, 1.54) is 5.57 Å². The molecule has 1 aliphatic rings. The number of aliphatic hydroxyl groups excluding tert-OH is 1. The van der Waals surface area contributed by atoms with Crippen molar-refractivity contribution in [2.75, 3.05) is 0 Å². The average Bonchev–Trinajstić information content (AvgIpc) is 2.12. The average molecular weight is 208 g/mol. The summed E-state index contributed by atoms with van der Waals surface area (Å²) in [6, 6.07) is 0. The third kappa shape index (κ3) is 2.34. The van der Waals surface area contributed by atoms with Crippen LogP contribution < -0.4 is 0 Å². The van der Waals surface area contributed by atoms with Gasteiger partial charge in [-0.25, -0.2) is 0 Å². The summed E-state index contributed by atoms with van der Waals surface area (Å²) in [4.78, 5) is 0. The lowest BCUT2D eigenvalue weighted by molar-refractivity contribution is 0.0129. The first kappa shape index (κ1) is 12.5. The molecule has 1 rings (SSSR count). The van der Waals surface area contributed by atoms with Gasteiger partial charge in [0, 0.05) is 0 Å². The van der Waals surface area contributed by atoms with Crippen LogP contribution in [0.3, 0.4) is 0 Å². The molecular formula is C14H24O. The minimum absolute atomic E-state index is 0.111. The van der Waals surface area contributed by atoms with E-state index in [0.717, 1.165) is 6.42 Å². The fourth-order valence-corrected chi connectivity index (χ4v) is 2.92. The summed E-state index contributed by atoms with van der Waals surface area (Å²) in [7, 11) is 0. The number of hydrogen-bond donors (Lipinski definition) is 1. The third-order valence-corrected chi connectivity index (χ3v) is 4.08. The largest absolute Gasteiger partial charge is 0.392 e. The van der Waals surface area contributed by atoms with Crippen LogP contribution in [-0.4, -0.2) is 11.2 Å². The summed E-state index contributed by atoms with van der Waals surface area (Å²) < 4.78 is 0. The highest BCUT2D eigenvalue weighted by Gasteiger charge is 2.41. The summed E-state index contributed by atoms with van der Waals surface area (Å²) in [6.45, 7) is 12.6. The molecule has 0 aromatic carbocycles. The molecule has 0 saturated carbocycles. The van der Waals surface area contributed by atoms with Crippen LogP contribution >= 0.6 is 0 Å². The third-order valence-electron chi connectivity index (χ3n) is 4.08. The van der Waals surface area contributed by atoms with E-state index in [1.54, 1.807) is 0 Å². The van der Waals surface area contributed by atoms with Crippen LogP contribution in [0.15, 0.2) is 24.3 Å². The lowest BCUT2D eigenvalue weighted by atomic mass is 9.61. The van der Waals surface area contributed by atoms with Crippen LogP contribution in [0.2, 0.25) is 0 Å². The van der Waals surface area contributed by atoms with E-state index < -0.39 is 0 Å². The first-order valence-corrected chi connectivity index (χ1v) is 5.87. The topological polar surface area (TPSA) is 20.2 Å². The van der Waals surface area contributed by atoms with Gasteiger partial charge in [0.2, 0.25) is 0 Å². The van der Waals surface area contributed by atoms with Gasteiger partial charge in [-0.05, 0) is 37.0 Å². The zero-order chi connectivity index (χ0) is 11.6. The molecule has 0 saturated heterocycles. The molecule has 0 spiro atoms. The van der Waals surface area contributed by atoms with Crippen molar-refractivity contribution >= 4 is 0 Å². The second kappa shape index (κ2) is 4.52. The first-order valence-electron chi connectivity index (χ1n) is 5.87. The van der Waals surface area contributed by atoms with Crippen molar-refractivity contribution < 1.29 is 5.11 Å². The van der Waals surface area contributed by atoms with Gasteiger partial charge in [0.05, 0.1) is 6.10 Å². The fraction of sp³-hybridized carbons (Fsp3) is 0.714. The first-order chi connectivity index (χ1) is 6.91. The molecule has 0 aromatic heterocycles. The van der Waals surface area contributed by atoms with Gasteiger partial charge in [-0.15, -0.1) is 6.58 Å². The Kier molecular flexibility index (Phi) is 3.77. The molecule has 15 heavy (non-hydrogen) atoms. The SMILES string of the molecule is C=CCC(O)[C@H]1[C@@H](C)CC=C(C)C1(C)C. The standard InChI is InChI=1S/C14H24O/c1-6-7-12(15)13-10(2)8-9-11(3)14(13,4)5/h6,9-10,12-13,15H,1,7-8H2,2-5H3/t10-,12?,13+/m0/s1. The molecular weight excluding hydrogens is 184 g/mol. The molecule has 1 N–H and O–H groups in total. The van der Waals surface area contributed by atoms with Crippen LogP contribution in [0.1, 0.15) is 40.5 Å². The second-order valence-electron chi connectivity index (χ2n) is 5.44. The van der Waals surface area contributed by atoms with Crippen LogP contribution in [0.5, 0.6) is 0 Å². The maximum absolute atomic E-state index is 10.2. The summed E-state index contributed by atoms with van der Waals surface area (Å²) in [6.07, 6.45) is 5.68. The molecule has 0 radical (unpaired) electrons. The molecule has 0 amide bonds. The van der Waals surface area contributed by atoms with E-state index in [1.807, 2.05) is 6.08 Å². The van der Waals surface area contributed by atoms with Gasteiger partial charge < -0.3 is 5.11 Å². The van der Waals surface area contributed by atoms with Gasteiger partial charge in [0.25, 0.3) is 0 Å². The molecule has 86 valence electrons. The summed E-state index contributed by atoms with van der Waals surface area (Å²) >= 11 is 0. The smallest absolute Gasteiger partial charge is 0.0613 e. The minimum Gasteiger partial charge on any atom is -0.392 e. The maximum Gasteiger partial charge on any atom is 0.0613 e. The molecule has 0 aromatic rings. The highest BCUT2D eigenvalue weighted by atomic mass is 16.3. The molecule has 3 atom stereocenters. The van der Waals surface area contributed by atoms with E-state index in [0.29, 0.717) is 18.3 Å². The van der Waals surface area contributed by atoms with E-state index in [-0.39, 0.29) is 11.5 Å². The minimum atomic E-state index is -0.254. The van der Waals surface area contributed by atoms with Gasteiger partial charge in [0.1, 0.15) is 0 Å². The molecule has 1 aliphatic carbocycles. The van der Waals surface area contributed by atoms with Crippen molar-refractivity contribution in [2.45, 2.75) is 46.6 Å². The molecule has 1 unspecified atom stereocenters. The predicted molar refractivity (Wildman–Crippen MR) is 65.6 cm³/mol. The van der Waals surface area contributed by atoms with E-state index in [9.17, 15) is 5.11 Å². The number of hydrogen-bond acceptors (Lipinski definition) is 1. The lowest BCUT2D eigenvalue weighted by Crippen LogP contribution is -2.41. The van der Waals surface area contributed by atoms with Crippen molar-refractivity contribution in [3.05, 3.63) is 24.3 Å². The summed E-state index contributed by atoms with van der Waals surface area (Å²) in [5.41, 5.74) is 1.52. The van der Waals surface area contributed by atoms with Crippen molar-refractivity contribution in [3.63, 3.8) is 0 Å². The van der Waals surface area contributed by atoms with Crippen LogP contribution in [0.25, 0.3) is 0 Å². The van der Waals surface area contributed by atoms with E-state index >= 15 is 0 Å². The zero-order valence-corrected chi connectivity index (χ0v) is 10.5. The number of allylic oxidation sites excluding steroid dienone is 2. The molecule has 0 fully saturated rings. The summed E-state index contributed by atoms with van der Waals surface area (Å²) in [5, 5.41) is 10.2. The normalized spacial score (nSPS) is 31.9. The zero-order valence-electron chi connectivity index (χ0n) is 10.5. The summed E-state index contributed by atoms with van der Waals surface area (Å²) in [5.74, 6) is 0.902. The quantitative estimate of drug-likeness (QED) is 0.703. The van der Waals surface area contributed by atoms with Gasteiger partial charge >= 0.3 is 0 Å². The van der Waals surface area contributed by atoms with Crippen molar-refractivity contribution in [1.82, 2.24) is 0 Å². The highest BCUT2D eigenvalue weighted by molar-refractivity contribution is 5.17. The van der Waals surface area contributed by atoms with Gasteiger partial charge in [-0.1, -0.05) is 38.5 Å². The van der Waals surface area contributed by atoms with E-state index in [2.05, 4.69) is 40.3 Å². The Morgan fingerprint density at radius 3 is 2.80 bits per heavy atom. The Labute approximate surface area is 93.9 Å². The number of aliphatic hydroxyl groups is 1. The van der Waals surface area contributed by atoms with Crippen LogP contribution in [0, 0.1) is 17.3 Å². The predicted octanol–water partition coefficient (Wildman–Crippen LogP) is 3.55. The van der Waals surface area contributed by atoms with Crippen LogP contribution in [0.4, 0.5) is 0 Å². The van der Waals surface area contributed by atoms with Gasteiger partial charge in [-0.2, -0.15) is 0 Å². The molecule has 0 bridgehead atoms. The maximum atomic E-state index is 10.2. The van der Waals surface area contributed by atoms with E-state index in [4.69, 9.17) is 0 Å². The van der Waals surface area contributed by atoms with Crippen molar-refractivity contribution in [1.29, 1.82) is 0 Å². The Bertz CT molecular complexity index is 263. The Balaban J connectivity index is 2.93. The molecule has 1 heteroatoms. The Morgan fingerprint density at radius 2 is 2.27 bits per heavy atom. The Morgan fingerprint density at radius 1 is 1.67 bits per heavy atom. The molecule has 0 aliphatic heterocycles. The van der Waals surface area contributed by atoms with Crippen molar-refractivity contribution in [2.24, 2.45) is 17.3 Å². The van der Waals surface area contributed by atoms with Gasteiger partial charge in [0.15, 0.2) is 0 Å². The lowest BCUT2D eigenvalue weighted by Gasteiger charge is -2.45. The van der Waals surface area contributed by atoms with Gasteiger partial charge in [-0.3, -0.25) is 0 Å². The monoisotopic (exact) mass is 208 g/mol. The fourth-order valence-electron chi connectivity index (χ4n) is 2.92. The Hall–Kier alpha value is -0.560. The number of rotatable bonds is 3.